The second kappa shape index (κ2) is 4.62. The molecule has 0 aliphatic heterocycles. The van der Waals surface area contributed by atoms with Crippen LogP contribution in [0.2, 0.25) is 0 Å². The molecule has 0 aliphatic rings. The lowest BCUT2D eigenvalue weighted by atomic mass is 10.0. The molecule has 0 heterocycles. The van der Waals surface area contributed by atoms with Gasteiger partial charge in [0, 0.05) is 5.56 Å². The summed E-state index contributed by atoms with van der Waals surface area (Å²) in [5.74, 6) is -0.0698. The lowest BCUT2D eigenvalue weighted by Gasteiger charge is -2.10. The van der Waals surface area contributed by atoms with Gasteiger partial charge in [-0.05, 0) is 45.4 Å². The van der Waals surface area contributed by atoms with E-state index in [1.807, 2.05) is 32.0 Å². The zero-order valence-corrected chi connectivity index (χ0v) is 10.2. The van der Waals surface area contributed by atoms with Gasteiger partial charge in [0.25, 0.3) is 0 Å². The molecule has 0 amide bonds. The quantitative estimate of drug-likeness (QED) is 0.625. The summed E-state index contributed by atoms with van der Waals surface area (Å²) in [5, 5.41) is 9.49. The van der Waals surface area contributed by atoms with E-state index in [1.165, 1.54) is 12.2 Å². The van der Waals surface area contributed by atoms with Crippen molar-refractivity contribution in [1.82, 2.24) is 0 Å². The van der Waals surface area contributed by atoms with Gasteiger partial charge >= 0.3 is 0 Å². The van der Waals surface area contributed by atoms with Crippen molar-refractivity contribution < 1.29 is 9.90 Å². The average molecular weight is 218 g/mol. The Hall–Kier alpha value is -1.41. The number of hydrogen-bond acceptors (Lipinski definition) is 2. The average Bonchev–Trinajstić information content (AvgIpc) is 2.13. The Bertz CT molecular complexity index is 423. The van der Waals surface area contributed by atoms with Crippen molar-refractivity contribution in [3.63, 3.8) is 0 Å². The maximum atomic E-state index is 11.8. The first-order valence-corrected chi connectivity index (χ1v) is 5.33. The Morgan fingerprint density at radius 3 is 2.44 bits per heavy atom. The van der Waals surface area contributed by atoms with Gasteiger partial charge in [-0.3, -0.25) is 4.79 Å². The van der Waals surface area contributed by atoms with Gasteiger partial charge in [-0.15, -0.1) is 0 Å². The molecule has 0 saturated carbocycles. The topological polar surface area (TPSA) is 37.3 Å². The first-order valence-electron chi connectivity index (χ1n) is 5.33. The molecule has 1 aromatic carbocycles. The summed E-state index contributed by atoms with van der Waals surface area (Å²) in [7, 11) is 0. The number of benzene rings is 1. The second-order valence-electron chi connectivity index (χ2n) is 4.67. The van der Waals surface area contributed by atoms with Crippen LogP contribution in [-0.4, -0.2) is 16.5 Å². The molecular formula is C14H18O2. The van der Waals surface area contributed by atoms with E-state index in [1.54, 1.807) is 13.8 Å². The first-order chi connectivity index (χ1) is 7.29. The van der Waals surface area contributed by atoms with E-state index in [2.05, 4.69) is 0 Å². The van der Waals surface area contributed by atoms with E-state index in [9.17, 15) is 9.90 Å². The zero-order valence-electron chi connectivity index (χ0n) is 10.2. The Morgan fingerprint density at radius 2 is 1.94 bits per heavy atom. The molecule has 0 atom stereocenters. The Balaban J connectivity index is 2.94. The standard InChI is InChI=1S/C14H18O2/c1-10-5-6-12(11(2)9-10)13(15)7-8-14(3,4)16/h5-9,16H,1-4H3/b8-7+. The molecule has 1 rings (SSSR count). The zero-order chi connectivity index (χ0) is 12.3. The van der Waals surface area contributed by atoms with Gasteiger partial charge < -0.3 is 5.11 Å². The molecule has 0 aromatic heterocycles. The van der Waals surface area contributed by atoms with Crippen molar-refractivity contribution in [2.45, 2.75) is 33.3 Å². The maximum Gasteiger partial charge on any atom is 0.185 e. The summed E-state index contributed by atoms with van der Waals surface area (Å²) in [6.45, 7) is 7.18. The summed E-state index contributed by atoms with van der Waals surface area (Å²) >= 11 is 0. The third-order valence-corrected chi connectivity index (χ3v) is 2.29. The molecular weight excluding hydrogens is 200 g/mol. The number of ketones is 1. The number of aryl methyl sites for hydroxylation is 2. The van der Waals surface area contributed by atoms with Crippen LogP contribution in [-0.2, 0) is 0 Å². The lowest BCUT2D eigenvalue weighted by Crippen LogP contribution is -2.14. The van der Waals surface area contributed by atoms with Gasteiger partial charge in [0.1, 0.15) is 0 Å². The van der Waals surface area contributed by atoms with Gasteiger partial charge in [-0.1, -0.05) is 23.8 Å². The van der Waals surface area contributed by atoms with Gasteiger partial charge in [0.15, 0.2) is 5.78 Å². The number of allylic oxidation sites excluding steroid dienone is 1. The Labute approximate surface area is 96.6 Å². The number of rotatable bonds is 3. The van der Waals surface area contributed by atoms with Gasteiger partial charge in [0.05, 0.1) is 5.60 Å². The van der Waals surface area contributed by atoms with E-state index in [0.717, 1.165) is 11.1 Å². The largest absolute Gasteiger partial charge is 0.386 e. The summed E-state index contributed by atoms with van der Waals surface area (Å²) in [4.78, 5) is 11.8. The van der Waals surface area contributed by atoms with E-state index in [4.69, 9.17) is 0 Å². The predicted molar refractivity (Wildman–Crippen MR) is 65.7 cm³/mol. The molecule has 0 saturated heterocycles. The molecule has 0 spiro atoms. The first kappa shape index (κ1) is 12.7. The molecule has 0 aliphatic carbocycles. The van der Waals surface area contributed by atoms with E-state index < -0.39 is 5.60 Å². The van der Waals surface area contributed by atoms with Crippen molar-refractivity contribution >= 4 is 5.78 Å². The van der Waals surface area contributed by atoms with E-state index in [-0.39, 0.29) is 5.78 Å². The molecule has 16 heavy (non-hydrogen) atoms. The summed E-state index contributed by atoms with van der Waals surface area (Å²) < 4.78 is 0. The summed E-state index contributed by atoms with van der Waals surface area (Å²) in [5.41, 5.74) is 1.84. The van der Waals surface area contributed by atoms with Crippen LogP contribution in [0.15, 0.2) is 30.4 Å². The van der Waals surface area contributed by atoms with Crippen LogP contribution >= 0.6 is 0 Å². The second-order valence-corrected chi connectivity index (χ2v) is 4.67. The monoisotopic (exact) mass is 218 g/mol. The van der Waals surface area contributed by atoms with Crippen LogP contribution in [0.25, 0.3) is 0 Å². The molecule has 0 radical (unpaired) electrons. The van der Waals surface area contributed by atoms with Gasteiger partial charge in [-0.2, -0.15) is 0 Å². The van der Waals surface area contributed by atoms with E-state index in [0.29, 0.717) is 5.56 Å². The molecule has 1 aromatic rings. The van der Waals surface area contributed by atoms with Gasteiger partial charge in [0.2, 0.25) is 0 Å². The normalized spacial score (nSPS) is 12.1. The molecule has 86 valence electrons. The lowest BCUT2D eigenvalue weighted by molar-refractivity contribution is 0.103. The van der Waals surface area contributed by atoms with Gasteiger partial charge in [-0.25, -0.2) is 0 Å². The van der Waals surface area contributed by atoms with Crippen molar-refractivity contribution in [3.8, 4) is 0 Å². The van der Waals surface area contributed by atoms with Crippen molar-refractivity contribution in [3.05, 3.63) is 47.0 Å². The molecule has 2 heteroatoms. The molecule has 1 N–H and O–H groups in total. The highest BCUT2D eigenvalue weighted by atomic mass is 16.3. The smallest absolute Gasteiger partial charge is 0.185 e. The highest BCUT2D eigenvalue weighted by molar-refractivity contribution is 6.05. The summed E-state index contributed by atoms with van der Waals surface area (Å²) in [6.07, 6.45) is 2.94. The third-order valence-electron chi connectivity index (χ3n) is 2.29. The Kier molecular flexibility index (Phi) is 3.66. The van der Waals surface area contributed by atoms with Crippen LogP contribution in [0.1, 0.15) is 35.3 Å². The fourth-order valence-corrected chi connectivity index (χ4v) is 1.46. The predicted octanol–water partition coefficient (Wildman–Crippen LogP) is 2.81. The van der Waals surface area contributed by atoms with Crippen LogP contribution in [0.3, 0.4) is 0 Å². The molecule has 2 nitrogen and oxygen atoms in total. The van der Waals surface area contributed by atoms with Crippen LogP contribution < -0.4 is 0 Å². The Morgan fingerprint density at radius 1 is 1.31 bits per heavy atom. The van der Waals surface area contributed by atoms with E-state index >= 15 is 0 Å². The minimum absolute atomic E-state index is 0.0698. The highest BCUT2D eigenvalue weighted by Gasteiger charge is 2.10. The van der Waals surface area contributed by atoms with Crippen molar-refractivity contribution in [2.24, 2.45) is 0 Å². The fourth-order valence-electron chi connectivity index (χ4n) is 1.46. The molecule has 0 fully saturated rings. The number of aliphatic hydroxyl groups is 1. The maximum absolute atomic E-state index is 11.8. The third kappa shape index (κ3) is 3.63. The molecule has 0 bridgehead atoms. The van der Waals surface area contributed by atoms with Crippen molar-refractivity contribution in [1.29, 1.82) is 0 Å². The molecule has 0 unspecified atom stereocenters. The highest BCUT2D eigenvalue weighted by Crippen LogP contribution is 2.12. The number of carbonyl (C=O) groups is 1. The number of carbonyl (C=O) groups excluding carboxylic acids is 1. The summed E-state index contributed by atoms with van der Waals surface area (Å²) in [6, 6.07) is 5.71. The van der Waals surface area contributed by atoms with Crippen LogP contribution in [0.4, 0.5) is 0 Å². The SMILES string of the molecule is Cc1ccc(C(=O)/C=C/C(C)(C)O)c(C)c1. The number of hydrogen-bond donors (Lipinski definition) is 1. The van der Waals surface area contributed by atoms with Crippen molar-refractivity contribution in [2.75, 3.05) is 0 Å². The van der Waals surface area contributed by atoms with Crippen LogP contribution in [0, 0.1) is 13.8 Å². The fraction of sp³-hybridized carbons (Fsp3) is 0.357. The minimum Gasteiger partial charge on any atom is -0.386 e. The minimum atomic E-state index is -0.950. The van der Waals surface area contributed by atoms with Crippen LogP contribution in [0.5, 0.6) is 0 Å².